The van der Waals surface area contributed by atoms with Crippen LogP contribution in [0.5, 0.6) is 0 Å². The minimum atomic E-state index is -3.57. The van der Waals surface area contributed by atoms with Crippen LogP contribution in [0, 0.1) is 17.2 Å². The van der Waals surface area contributed by atoms with Gasteiger partial charge in [-0.15, -0.1) is 0 Å². The molecule has 2 rings (SSSR count). The Morgan fingerprint density at radius 2 is 1.95 bits per heavy atom. The first-order valence-electron chi connectivity index (χ1n) is 7.08. The molecule has 0 aliphatic carbocycles. The van der Waals surface area contributed by atoms with Gasteiger partial charge in [-0.3, -0.25) is 4.79 Å². The first kappa shape index (κ1) is 16.8. The first-order valence-corrected chi connectivity index (χ1v) is 9.12. The molecule has 1 aliphatic rings. The lowest BCUT2D eigenvalue weighted by atomic mass is 9.98. The average Bonchev–Trinajstić information content (AvgIpc) is 2.53. The second-order valence-electron chi connectivity index (χ2n) is 5.28. The maximum atomic E-state index is 12.2. The van der Waals surface area contributed by atoms with Gasteiger partial charge in [-0.1, -0.05) is 23.7 Å². The largest absolute Gasteiger partial charge is 0.343 e. The van der Waals surface area contributed by atoms with Crippen molar-refractivity contribution in [2.45, 2.75) is 24.2 Å². The molecule has 0 N–H and O–H groups in total. The van der Waals surface area contributed by atoms with Crippen molar-refractivity contribution >= 4 is 27.3 Å². The van der Waals surface area contributed by atoms with Crippen LogP contribution in [0.25, 0.3) is 0 Å². The highest BCUT2D eigenvalue weighted by Crippen LogP contribution is 2.23. The van der Waals surface area contributed by atoms with Gasteiger partial charge < -0.3 is 4.90 Å². The highest BCUT2D eigenvalue weighted by molar-refractivity contribution is 7.91. The molecule has 5 nitrogen and oxygen atoms in total. The molecule has 118 valence electrons. The predicted molar refractivity (Wildman–Crippen MR) is 83.0 cm³/mol. The summed E-state index contributed by atoms with van der Waals surface area (Å²) < 4.78 is 24.5. The molecule has 1 saturated heterocycles. The molecular formula is C15H17ClN2O3S. The second-order valence-corrected chi connectivity index (χ2v) is 7.77. The van der Waals surface area contributed by atoms with E-state index >= 15 is 0 Å². The predicted octanol–water partition coefficient (Wildman–Crippen LogP) is 2.27. The number of halogens is 1. The summed E-state index contributed by atoms with van der Waals surface area (Å²) in [6, 6.07) is 8.42. The van der Waals surface area contributed by atoms with Gasteiger partial charge in [0.25, 0.3) is 0 Å². The Bertz CT molecular complexity index is 689. The molecule has 0 atom stereocenters. The number of nitrogens with zero attached hydrogens (tertiary/aromatic N) is 2. The third-order valence-corrected chi connectivity index (χ3v) is 6.00. The highest BCUT2D eigenvalue weighted by Gasteiger charge is 2.25. The summed E-state index contributed by atoms with van der Waals surface area (Å²) >= 11 is 5.90. The Morgan fingerprint density at radius 1 is 1.32 bits per heavy atom. The van der Waals surface area contributed by atoms with Gasteiger partial charge in [-0.25, -0.2) is 8.42 Å². The molecule has 0 bridgehead atoms. The van der Waals surface area contributed by atoms with Gasteiger partial charge in [0.2, 0.25) is 5.91 Å². The summed E-state index contributed by atoms with van der Waals surface area (Å²) in [6.45, 7) is 1.03. The van der Waals surface area contributed by atoms with E-state index in [4.69, 9.17) is 16.9 Å². The summed E-state index contributed by atoms with van der Waals surface area (Å²) in [5, 5.41) is 9.00. The molecule has 1 aromatic rings. The van der Waals surface area contributed by atoms with Crippen LogP contribution in [0.3, 0.4) is 0 Å². The van der Waals surface area contributed by atoms with Crippen LogP contribution < -0.4 is 0 Å². The average molecular weight is 341 g/mol. The topological polar surface area (TPSA) is 78.2 Å². The van der Waals surface area contributed by atoms with Crippen molar-refractivity contribution in [3.05, 3.63) is 29.3 Å². The van der Waals surface area contributed by atoms with Crippen LogP contribution in [0.15, 0.2) is 29.2 Å². The minimum absolute atomic E-state index is 0.00379. The van der Waals surface area contributed by atoms with E-state index in [9.17, 15) is 13.2 Å². The molecule has 0 aromatic heterocycles. The van der Waals surface area contributed by atoms with Crippen LogP contribution in [0.2, 0.25) is 5.02 Å². The summed E-state index contributed by atoms with van der Waals surface area (Å²) in [5.74, 6) is -0.448. The second kappa shape index (κ2) is 7.12. The lowest BCUT2D eigenvalue weighted by Gasteiger charge is -2.29. The number of likely N-dealkylation sites (tertiary alicyclic amines) is 1. The molecule has 0 radical (unpaired) electrons. The van der Waals surface area contributed by atoms with Crippen molar-refractivity contribution in [1.82, 2.24) is 4.90 Å². The molecule has 7 heteroatoms. The van der Waals surface area contributed by atoms with Gasteiger partial charge in [0, 0.05) is 25.4 Å². The van der Waals surface area contributed by atoms with Gasteiger partial charge in [0.15, 0.2) is 9.84 Å². The summed E-state index contributed by atoms with van der Waals surface area (Å²) in [5.41, 5.74) is 0. The maximum absolute atomic E-state index is 12.2. The normalized spacial score (nSPS) is 16.3. The number of hydrogen-bond acceptors (Lipinski definition) is 4. The van der Waals surface area contributed by atoms with Gasteiger partial charge in [0.05, 0.1) is 21.7 Å². The third kappa shape index (κ3) is 3.99. The maximum Gasteiger partial charge on any atom is 0.223 e. The number of amides is 1. The van der Waals surface area contributed by atoms with E-state index in [0.29, 0.717) is 25.9 Å². The first-order chi connectivity index (χ1) is 10.4. The number of carbonyl (C=O) groups excluding carboxylic acids is 1. The van der Waals surface area contributed by atoms with E-state index in [-0.39, 0.29) is 33.9 Å². The van der Waals surface area contributed by atoms with Crippen molar-refractivity contribution in [2.75, 3.05) is 18.8 Å². The van der Waals surface area contributed by atoms with Gasteiger partial charge in [-0.05, 0) is 25.0 Å². The molecule has 0 spiro atoms. The van der Waals surface area contributed by atoms with Crippen molar-refractivity contribution in [2.24, 2.45) is 5.92 Å². The fourth-order valence-electron chi connectivity index (χ4n) is 2.44. The Labute approximate surface area is 135 Å². The van der Waals surface area contributed by atoms with Crippen LogP contribution in [-0.4, -0.2) is 38.1 Å². The zero-order chi connectivity index (χ0) is 16.2. The molecule has 1 amide bonds. The zero-order valence-corrected chi connectivity index (χ0v) is 13.6. The van der Waals surface area contributed by atoms with E-state index in [2.05, 4.69) is 6.07 Å². The van der Waals surface area contributed by atoms with Crippen molar-refractivity contribution in [1.29, 1.82) is 5.26 Å². The SMILES string of the molecule is N#CC1CCN(C(=O)CCS(=O)(=O)c2ccccc2Cl)CC1. The number of rotatable bonds is 4. The van der Waals surface area contributed by atoms with Crippen molar-refractivity contribution in [3.8, 4) is 6.07 Å². The van der Waals surface area contributed by atoms with Crippen molar-refractivity contribution in [3.63, 3.8) is 0 Å². The Hall–Kier alpha value is -1.58. The van der Waals surface area contributed by atoms with E-state index in [1.165, 1.54) is 12.1 Å². The molecule has 1 aromatic carbocycles. The number of sulfone groups is 1. The molecule has 22 heavy (non-hydrogen) atoms. The number of hydrogen-bond donors (Lipinski definition) is 0. The highest BCUT2D eigenvalue weighted by atomic mass is 35.5. The fraction of sp³-hybridized carbons (Fsp3) is 0.467. The van der Waals surface area contributed by atoms with E-state index in [1.807, 2.05) is 0 Å². The van der Waals surface area contributed by atoms with Crippen LogP contribution in [0.4, 0.5) is 0 Å². The minimum Gasteiger partial charge on any atom is -0.343 e. The Kier molecular flexibility index (Phi) is 5.43. The van der Waals surface area contributed by atoms with Gasteiger partial charge in [-0.2, -0.15) is 5.26 Å². The van der Waals surface area contributed by atoms with E-state index in [0.717, 1.165) is 0 Å². The van der Waals surface area contributed by atoms with E-state index in [1.54, 1.807) is 17.0 Å². The number of nitriles is 1. The van der Waals surface area contributed by atoms with Crippen LogP contribution in [0.1, 0.15) is 19.3 Å². The number of benzene rings is 1. The number of carbonyl (C=O) groups is 1. The molecule has 0 unspecified atom stereocenters. The molecule has 0 saturated carbocycles. The molecular weight excluding hydrogens is 324 g/mol. The fourth-order valence-corrected chi connectivity index (χ4v) is 4.25. The number of piperidine rings is 1. The van der Waals surface area contributed by atoms with Gasteiger partial charge in [0.1, 0.15) is 0 Å². The molecule has 1 heterocycles. The summed E-state index contributed by atoms with van der Waals surface area (Å²) in [7, 11) is -3.57. The van der Waals surface area contributed by atoms with Crippen LogP contribution in [-0.2, 0) is 14.6 Å². The monoisotopic (exact) mass is 340 g/mol. The third-order valence-electron chi connectivity index (χ3n) is 3.79. The Balaban J connectivity index is 1.94. The lowest BCUT2D eigenvalue weighted by Crippen LogP contribution is -2.38. The quantitative estimate of drug-likeness (QED) is 0.842. The molecule has 1 fully saturated rings. The van der Waals surface area contributed by atoms with E-state index < -0.39 is 9.84 Å². The summed E-state index contributed by atoms with van der Waals surface area (Å²) in [4.78, 5) is 13.8. The summed E-state index contributed by atoms with van der Waals surface area (Å²) in [6.07, 6.45) is 1.24. The smallest absolute Gasteiger partial charge is 0.223 e. The zero-order valence-electron chi connectivity index (χ0n) is 12.0. The Morgan fingerprint density at radius 3 is 2.55 bits per heavy atom. The molecule has 1 aliphatic heterocycles. The van der Waals surface area contributed by atoms with Crippen molar-refractivity contribution < 1.29 is 13.2 Å². The standard InChI is InChI=1S/C15H17ClN2O3S/c16-13-3-1-2-4-14(13)22(20,21)10-7-15(19)18-8-5-12(11-17)6-9-18/h1-4,12H,5-10H2. The van der Waals surface area contributed by atoms with Crippen LogP contribution >= 0.6 is 11.6 Å². The lowest BCUT2D eigenvalue weighted by molar-refractivity contribution is -0.131. The van der Waals surface area contributed by atoms with Gasteiger partial charge >= 0.3 is 0 Å².